The molecule has 0 spiro atoms. The second-order valence-electron chi connectivity index (χ2n) is 4.24. The molecule has 2 aromatic rings. The minimum Gasteiger partial charge on any atom is -0.354 e. The summed E-state index contributed by atoms with van der Waals surface area (Å²) in [5.41, 5.74) is 0.0243. The zero-order valence-corrected chi connectivity index (χ0v) is 11.9. The third-order valence-corrected chi connectivity index (χ3v) is 2.82. The third-order valence-electron chi connectivity index (χ3n) is 2.82. The Balaban J connectivity index is 2.23. The quantitative estimate of drug-likeness (QED) is 0.864. The van der Waals surface area contributed by atoms with Crippen LogP contribution in [-0.2, 0) is 6.54 Å². The number of rotatable bonds is 5. The molecule has 8 nitrogen and oxygen atoms in total. The molecule has 0 saturated carbocycles. The minimum absolute atomic E-state index is 0.0333. The molecule has 0 aliphatic carbocycles. The number of nitrogens with one attached hydrogen (secondary N) is 2. The van der Waals surface area contributed by atoms with E-state index in [0.717, 1.165) is 12.3 Å². The lowest BCUT2D eigenvalue weighted by atomic mass is 10.3. The maximum atomic E-state index is 12.4. The highest BCUT2D eigenvalue weighted by Gasteiger charge is 2.20. The molecule has 118 valence electrons. The number of aryl methyl sites for hydroxylation is 1. The van der Waals surface area contributed by atoms with E-state index < -0.39 is 18.4 Å². The fourth-order valence-corrected chi connectivity index (χ4v) is 1.72. The lowest BCUT2D eigenvalue weighted by Gasteiger charge is -2.02. The van der Waals surface area contributed by atoms with Crippen LogP contribution in [0.25, 0.3) is 0 Å². The Morgan fingerprint density at radius 3 is 2.59 bits per heavy atom. The number of halogens is 2. The molecule has 0 radical (unpaired) electrons. The predicted octanol–water partition coefficient (Wildman–Crippen LogP) is 1.11. The summed E-state index contributed by atoms with van der Waals surface area (Å²) < 4.78 is 26.7. The molecule has 0 aliphatic heterocycles. The maximum Gasteiger partial charge on any atom is 0.333 e. The van der Waals surface area contributed by atoms with E-state index in [9.17, 15) is 18.4 Å². The van der Waals surface area contributed by atoms with Crippen LogP contribution in [0, 0.1) is 0 Å². The van der Waals surface area contributed by atoms with E-state index in [4.69, 9.17) is 0 Å². The standard InChI is InChI=1S/C12H14F2N6O2/c1-3-19-6-8(9(18-19)11(22)15-2)16-10(21)7-4-5-20(17-7)12(13)14/h4-6,12H,3H2,1-2H3,(H,15,22)(H,16,21). The van der Waals surface area contributed by atoms with Crippen LogP contribution >= 0.6 is 0 Å². The van der Waals surface area contributed by atoms with Crippen LogP contribution in [0.2, 0.25) is 0 Å². The fraction of sp³-hybridized carbons (Fsp3) is 0.333. The molecule has 2 aromatic heterocycles. The summed E-state index contributed by atoms with van der Waals surface area (Å²) in [6, 6.07) is 1.16. The number of nitrogens with zero attached hydrogens (tertiary/aromatic N) is 4. The van der Waals surface area contributed by atoms with E-state index in [1.807, 2.05) is 6.92 Å². The van der Waals surface area contributed by atoms with E-state index in [2.05, 4.69) is 20.8 Å². The van der Waals surface area contributed by atoms with Crippen LogP contribution in [0.4, 0.5) is 14.5 Å². The first-order valence-electron chi connectivity index (χ1n) is 6.40. The van der Waals surface area contributed by atoms with Gasteiger partial charge in [0.25, 0.3) is 11.8 Å². The van der Waals surface area contributed by atoms with Crippen molar-refractivity contribution in [3.63, 3.8) is 0 Å². The Kier molecular flexibility index (Phi) is 4.49. The van der Waals surface area contributed by atoms with Crippen molar-refractivity contribution in [3.05, 3.63) is 29.8 Å². The number of aromatic nitrogens is 4. The van der Waals surface area contributed by atoms with E-state index in [-0.39, 0.29) is 17.1 Å². The number of anilines is 1. The Bertz CT molecular complexity index is 694. The van der Waals surface area contributed by atoms with Crippen LogP contribution in [0.3, 0.4) is 0 Å². The van der Waals surface area contributed by atoms with Gasteiger partial charge in [-0.2, -0.15) is 19.0 Å². The Morgan fingerprint density at radius 1 is 1.32 bits per heavy atom. The molecule has 2 heterocycles. The van der Waals surface area contributed by atoms with Gasteiger partial charge in [0.1, 0.15) is 0 Å². The predicted molar refractivity (Wildman–Crippen MR) is 72.7 cm³/mol. The zero-order valence-electron chi connectivity index (χ0n) is 11.9. The molecule has 0 aliphatic rings. The summed E-state index contributed by atoms with van der Waals surface area (Å²) >= 11 is 0. The first kappa shape index (κ1) is 15.6. The van der Waals surface area contributed by atoms with E-state index in [1.54, 1.807) is 0 Å². The highest BCUT2D eigenvalue weighted by atomic mass is 19.3. The average molecular weight is 312 g/mol. The van der Waals surface area contributed by atoms with E-state index in [0.29, 0.717) is 11.2 Å². The molecule has 0 atom stereocenters. The molecule has 0 fully saturated rings. The Labute approximate surface area is 124 Å². The van der Waals surface area contributed by atoms with Crippen molar-refractivity contribution in [2.24, 2.45) is 0 Å². The number of hydrogen-bond donors (Lipinski definition) is 2. The number of alkyl halides is 2. The van der Waals surface area contributed by atoms with Crippen LogP contribution in [-0.4, -0.2) is 38.4 Å². The molecular weight excluding hydrogens is 298 g/mol. The molecule has 0 saturated heterocycles. The Morgan fingerprint density at radius 2 is 2.05 bits per heavy atom. The summed E-state index contributed by atoms with van der Waals surface area (Å²) in [4.78, 5) is 23.7. The van der Waals surface area contributed by atoms with Crippen LogP contribution in [0.15, 0.2) is 18.5 Å². The van der Waals surface area contributed by atoms with Gasteiger partial charge in [-0.1, -0.05) is 0 Å². The van der Waals surface area contributed by atoms with Crippen molar-refractivity contribution < 1.29 is 18.4 Å². The van der Waals surface area contributed by atoms with Gasteiger partial charge in [0.05, 0.1) is 5.69 Å². The third kappa shape index (κ3) is 3.10. The first-order valence-corrected chi connectivity index (χ1v) is 6.40. The van der Waals surface area contributed by atoms with Crippen molar-refractivity contribution in [1.82, 2.24) is 24.9 Å². The lowest BCUT2D eigenvalue weighted by molar-refractivity contribution is 0.0561. The molecule has 2 amide bonds. The number of hydrogen-bond acceptors (Lipinski definition) is 4. The first-order chi connectivity index (χ1) is 10.5. The number of amides is 2. The van der Waals surface area contributed by atoms with Crippen molar-refractivity contribution in [2.45, 2.75) is 20.0 Å². The number of carbonyl (C=O) groups is 2. The molecule has 2 N–H and O–H groups in total. The normalized spacial score (nSPS) is 10.8. The molecule has 2 rings (SSSR count). The van der Waals surface area contributed by atoms with Crippen molar-refractivity contribution >= 4 is 17.5 Å². The van der Waals surface area contributed by atoms with Crippen molar-refractivity contribution in [2.75, 3.05) is 12.4 Å². The second kappa shape index (κ2) is 6.33. The fourth-order valence-electron chi connectivity index (χ4n) is 1.72. The maximum absolute atomic E-state index is 12.4. The zero-order chi connectivity index (χ0) is 16.3. The van der Waals surface area contributed by atoms with Crippen LogP contribution < -0.4 is 10.6 Å². The molecular formula is C12H14F2N6O2. The SMILES string of the molecule is CCn1cc(NC(=O)c2ccn(C(F)F)n2)c(C(=O)NC)n1. The van der Waals surface area contributed by atoms with Crippen molar-refractivity contribution in [1.29, 1.82) is 0 Å². The van der Waals surface area contributed by atoms with Crippen LogP contribution in [0.1, 0.15) is 34.5 Å². The van der Waals surface area contributed by atoms with Gasteiger partial charge in [-0.25, -0.2) is 4.68 Å². The summed E-state index contributed by atoms with van der Waals surface area (Å²) in [6.45, 7) is -0.512. The van der Waals surface area contributed by atoms with Gasteiger partial charge in [-0.3, -0.25) is 14.3 Å². The largest absolute Gasteiger partial charge is 0.354 e. The van der Waals surface area contributed by atoms with Gasteiger partial charge in [0.2, 0.25) is 0 Å². The smallest absolute Gasteiger partial charge is 0.333 e. The molecule has 0 bridgehead atoms. The molecule has 10 heteroatoms. The molecule has 0 aromatic carbocycles. The topological polar surface area (TPSA) is 93.8 Å². The van der Waals surface area contributed by atoms with Gasteiger partial charge < -0.3 is 10.6 Å². The number of carbonyl (C=O) groups excluding carboxylic acids is 2. The summed E-state index contributed by atoms with van der Waals surface area (Å²) in [5, 5.41) is 12.3. The second-order valence-corrected chi connectivity index (χ2v) is 4.24. The molecule has 0 unspecified atom stereocenters. The highest BCUT2D eigenvalue weighted by molar-refractivity contribution is 6.07. The van der Waals surface area contributed by atoms with Gasteiger partial charge in [-0.05, 0) is 13.0 Å². The summed E-state index contributed by atoms with van der Waals surface area (Å²) in [7, 11) is 1.43. The monoisotopic (exact) mass is 312 g/mol. The average Bonchev–Trinajstić information content (AvgIpc) is 3.13. The van der Waals surface area contributed by atoms with Gasteiger partial charge >= 0.3 is 6.55 Å². The summed E-state index contributed by atoms with van der Waals surface area (Å²) in [5.74, 6) is -1.18. The minimum atomic E-state index is -2.83. The molecule has 22 heavy (non-hydrogen) atoms. The van der Waals surface area contributed by atoms with E-state index >= 15 is 0 Å². The summed E-state index contributed by atoms with van der Waals surface area (Å²) in [6.07, 6.45) is 2.47. The Hall–Kier alpha value is -2.78. The van der Waals surface area contributed by atoms with Crippen molar-refractivity contribution in [3.8, 4) is 0 Å². The van der Waals surface area contributed by atoms with Gasteiger partial charge in [0, 0.05) is 26.0 Å². The van der Waals surface area contributed by atoms with Crippen LogP contribution in [0.5, 0.6) is 0 Å². The van der Waals surface area contributed by atoms with E-state index in [1.165, 1.54) is 17.9 Å². The highest BCUT2D eigenvalue weighted by Crippen LogP contribution is 2.16. The van der Waals surface area contributed by atoms with Gasteiger partial charge in [0.15, 0.2) is 11.4 Å². The lowest BCUT2D eigenvalue weighted by Crippen LogP contribution is -2.21. The van der Waals surface area contributed by atoms with Gasteiger partial charge in [-0.15, -0.1) is 0 Å².